The number of nitrogens with zero attached hydrogens (tertiary/aromatic N) is 2. The molecule has 0 spiro atoms. The van der Waals surface area contributed by atoms with Gasteiger partial charge in [0.1, 0.15) is 5.82 Å². The normalized spacial score (nSPS) is 17.6. The fourth-order valence-electron chi connectivity index (χ4n) is 5.75. The number of aliphatic carboxylic acids is 1. The Morgan fingerprint density at radius 2 is 1.88 bits per heavy atom. The van der Waals surface area contributed by atoms with Crippen LogP contribution in [0.5, 0.6) is 0 Å². The van der Waals surface area contributed by atoms with E-state index in [0.717, 1.165) is 86.4 Å². The van der Waals surface area contributed by atoms with Gasteiger partial charge in [-0.2, -0.15) is 0 Å². The van der Waals surface area contributed by atoms with Crippen LogP contribution in [0.4, 0.5) is 5.82 Å². The molecule has 0 radical (unpaired) electrons. The van der Waals surface area contributed by atoms with Crippen LogP contribution >= 0.6 is 12.4 Å². The van der Waals surface area contributed by atoms with Gasteiger partial charge >= 0.3 is 5.97 Å². The van der Waals surface area contributed by atoms with E-state index < -0.39 is 12.0 Å². The first kappa shape index (κ1) is 29.6. The summed E-state index contributed by atoms with van der Waals surface area (Å²) >= 11 is 0. The lowest BCUT2D eigenvalue weighted by Crippen LogP contribution is -2.44. The molecule has 1 unspecified atom stereocenters. The lowest BCUT2D eigenvalue weighted by Gasteiger charge is -2.33. The second-order valence-corrected chi connectivity index (χ2v) is 10.7. The number of likely N-dealkylation sites (tertiary alicyclic amines) is 1. The van der Waals surface area contributed by atoms with Gasteiger partial charge in [-0.05, 0) is 86.0 Å². The van der Waals surface area contributed by atoms with E-state index >= 15 is 0 Å². The predicted octanol–water partition coefficient (Wildman–Crippen LogP) is 5.51. The highest BCUT2D eigenvalue weighted by atomic mass is 35.5. The molecule has 1 saturated heterocycles. The summed E-state index contributed by atoms with van der Waals surface area (Å²) in [5.74, 6) is -0.0859. The number of fused-ring (bicyclic) bond motifs is 1. The van der Waals surface area contributed by atoms with E-state index in [9.17, 15) is 14.7 Å². The summed E-state index contributed by atoms with van der Waals surface area (Å²) < 4.78 is 0. The topological polar surface area (TPSA) is 94.6 Å². The second kappa shape index (κ2) is 14.3. The lowest BCUT2D eigenvalue weighted by atomic mass is 9.94. The zero-order chi connectivity index (χ0) is 27.0. The molecular weight excluding hydrogens is 524 g/mol. The minimum Gasteiger partial charge on any atom is -0.481 e. The minimum atomic E-state index is -0.929. The third kappa shape index (κ3) is 7.83. The van der Waals surface area contributed by atoms with E-state index in [4.69, 9.17) is 4.98 Å². The number of anilines is 1. The number of hydrogen-bond acceptors (Lipinski definition) is 5. The molecule has 3 N–H and O–H groups in total. The van der Waals surface area contributed by atoms with E-state index in [1.807, 2.05) is 54.6 Å². The van der Waals surface area contributed by atoms with E-state index in [1.54, 1.807) is 0 Å². The summed E-state index contributed by atoms with van der Waals surface area (Å²) in [4.78, 5) is 32.2. The number of rotatable bonds is 10. The summed E-state index contributed by atoms with van der Waals surface area (Å²) in [7, 11) is 0. The Hall–Kier alpha value is -3.42. The van der Waals surface area contributed by atoms with Gasteiger partial charge in [0.15, 0.2) is 0 Å². The Morgan fingerprint density at radius 1 is 1.05 bits per heavy atom. The molecule has 0 aliphatic carbocycles. The van der Waals surface area contributed by atoms with E-state index in [-0.39, 0.29) is 30.7 Å². The number of carboxylic acids is 1. The number of amides is 1. The van der Waals surface area contributed by atoms with E-state index in [0.29, 0.717) is 6.54 Å². The molecule has 3 aromatic rings. The zero-order valence-electron chi connectivity index (χ0n) is 22.9. The Bertz CT molecular complexity index is 1290. The van der Waals surface area contributed by atoms with Crippen LogP contribution < -0.4 is 10.6 Å². The molecule has 212 valence electrons. The van der Waals surface area contributed by atoms with Crippen molar-refractivity contribution in [2.75, 3.05) is 31.5 Å². The van der Waals surface area contributed by atoms with Crippen LogP contribution in [0, 0.1) is 5.92 Å². The van der Waals surface area contributed by atoms with Gasteiger partial charge < -0.3 is 20.6 Å². The second-order valence-electron chi connectivity index (χ2n) is 10.7. The van der Waals surface area contributed by atoms with Gasteiger partial charge in [0, 0.05) is 18.8 Å². The van der Waals surface area contributed by atoms with Gasteiger partial charge in [-0.25, -0.2) is 4.98 Å². The standard InChI is InChI=1S/C32H38N4O3.ClH/c37-30(38)21-29(26-11-4-10-25(20-26)23-8-2-1-3-9-23)35-32(39)27-13-6-18-36(22-27)19-7-14-28-16-15-24-12-5-17-33-31(24)34-28;/h1-4,8-11,15-16,20,27,29H,5-7,12-14,17-19,21-22H2,(H,33,34)(H,35,39)(H,37,38);1H/t27-,29?;/m1./s1. The summed E-state index contributed by atoms with van der Waals surface area (Å²) in [6, 6.07) is 21.6. The highest BCUT2D eigenvalue weighted by Gasteiger charge is 2.28. The average molecular weight is 563 g/mol. The minimum absolute atomic E-state index is 0. The molecule has 40 heavy (non-hydrogen) atoms. The van der Waals surface area contributed by atoms with Gasteiger partial charge in [-0.1, -0.05) is 54.6 Å². The Labute approximate surface area is 242 Å². The molecule has 7 nitrogen and oxygen atoms in total. The van der Waals surface area contributed by atoms with Crippen molar-refractivity contribution in [3.8, 4) is 11.1 Å². The van der Waals surface area contributed by atoms with Gasteiger partial charge in [-0.15, -0.1) is 12.4 Å². The van der Waals surface area contributed by atoms with Crippen LogP contribution in [0.3, 0.4) is 0 Å². The van der Waals surface area contributed by atoms with E-state index in [1.165, 1.54) is 5.56 Å². The molecule has 0 saturated carbocycles. The molecule has 3 heterocycles. The maximum Gasteiger partial charge on any atom is 0.305 e. The fraction of sp³-hybridized carbons (Fsp3) is 0.406. The van der Waals surface area contributed by atoms with Gasteiger partial charge in [0.05, 0.1) is 18.4 Å². The van der Waals surface area contributed by atoms with Gasteiger partial charge in [0.25, 0.3) is 0 Å². The van der Waals surface area contributed by atoms with Gasteiger partial charge in [0.2, 0.25) is 5.91 Å². The predicted molar refractivity (Wildman–Crippen MR) is 161 cm³/mol. The third-order valence-corrected chi connectivity index (χ3v) is 7.83. The van der Waals surface area contributed by atoms with Crippen molar-refractivity contribution in [2.24, 2.45) is 5.92 Å². The molecule has 5 rings (SSSR count). The van der Waals surface area contributed by atoms with Crippen molar-refractivity contribution in [1.82, 2.24) is 15.2 Å². The molecule has 2 aliphatic heterocycles. The number of carbonyl (C=O) groups is 2. The van der Waals surface area contributed by atoms with Crippen molar-refractivity contribution in [2.45, 2.75) is 51.0 Å². The molecule has 2 aromatic carbocycles. The van der Waals surface area contributed by atoms with Crippen molar-refractivity contribution < 1.29 is 14.7 Å². The number of piperidine rings is 1. The SMILES string of the molecule is Cl.O=C(O)CC(NC(=O)[C@@H]1CCCN(CCCc2ccc3c(n2)NCCC3)C1)c1cccc(-c2ccccc2)c1. The Kier molecular flexibility index (Phi) is 10.6. The zero-order valence-corrected chi connectivity index (χ0v) is 23.7. The highest BCUT2D eigenvalue weighted by molar-refractivity contribution is 5.85. The number of nitrogens with one attached hydrogen (secondary N) is 2. The first-order chi connectivity index (χ1) is 19.0. The number of aryl methyl sites for hydroxylation is 2. The molecule has 1 aromatic heterocycles. The summed E-state index contributed by atoms with van der Waals surface area (Å²) in [5.41, 5.74) is 5.30. The van der Waals surface area contributed by atoms with Gasteiger partial charge in [-0.3, -0.25) is 9.59 Å². The number of carbonyl (C=O) groups excluding carboxylic acids is 1. The smallest absolute Gasteiger partial charge is 0.305 e. The summed E-state index contributed by atoms with van der Waals surface area (Å²) in [6.07, 6.45) is 5.81. The van der Waals surface area contributed by atoms with E-state index in [2.05, 4.69) is 27.7 Å². The number of halogens is 1. The largest absolute Gasteiger partial charge is 0.481 e. The summed E-state index contributed by atoms with van der Waals surface area (Å²) in [6.45, 7) is 3.61. The number of carboxylic acid groups (broad SMARTS) is 1. The number of benzene rings is 2. The average Bonchev–Trinajstić information content (AvgIpc) is 2.97. The molecule has 0 bridgehead atoms. The maximum absolute atomic E-state index is 13.3. The van der Waals surface area contributed by atoms with Crippen LogP contribution in [0.2, 0.25) is 0 Å². The quantitative estimate of drug-likeness (QED) is 0.302. The van der Waals surface area contributed by atoms with Crippen molar-refractivity contribution in [3.63, 3.8) is 0 Å². The molecule has 2 atom stereocenters. The van der Waals surface area contributed by atoms with Crippen LogP contribution in [0.15, 0.2) is 66.7 Å². The Morgan fingerprint density at radius 3 is 2.70 bits per heavy atom. The fourth-order valence-corrected chi connectivity index (χ4v) is 5.75. The molecule has 1 amide bonds. The number of aromatic nitrogens is 1. The summed E-state index contributed by atoms with van der Waals surface area (Å²) in [5, 5.41) is 16.1. The monoisotopic (exact) mass is 562 g/mol. The first-order valence-corrected chi connectivity index (χ1v) is 14.2. The van der Waals surface area contributed by atoms with Crippen molar-refractivity contribution in [3.05, 3.63) is 83.6 Å². The van der Waals surface area contributed by atoms with Crippen LogP contribution in [0.1, 0.15) is 55.0 Å². The molecular formula is C32H39ClN4O3. The number of pyridine rings is 1. The first-order valence-electron chi connectivity index (χ1n) is 14.2. The van der Waals surface area contributed by atoms with Crippen LogP contribution in [-0.4, -0.2) is 53.0 Å². The number of hydrogen-bond donors (Lipinski definition) is 3. The molecule has 8 heteroatoms. The van der Waals surface area contributed by atoms with Crippen LogP contribution in [0.25, 0.3) is 11.1 Å². The van der Waals surface area contributed by atoms with Crippen LogP contribution in [-0.2, 0) is 22.4 Å². The highest BCUT2D eigenvalue weighted by Crippen LogP contribution is 2.26. The van der Waals surface area contributed by atoms with Crippen molar-refractivity contribution in [1.29, 1.82) is 0 Å². The molecule has 1 fully saturated rings. The Balaban J connectivity index is 0.00000370. The molecule has 2 aliphatic rings. The maximum atomic E-state index is 13.3. The third-order valence-electron chi connectivity index (χ3n) is 7.83. The van der Waals surface area contributed by atoms with Crippen molar-refractivity contribution >= 4 is 30.1 Å². The lowest BCUT2D eigenvalue weighted by molar-refractivity contribution is -0.138.